The second-order valence-electron chi connectivity index (χ2n) is 4.62. The second-order valence-corrected chi connectivity index (χ2v) is 5.63. The Bertz CT molecular complexity index is 403. The molecule has 0 spiro atoms. The second kappa shape index (κ2) is 4.13. The molecule has 1 aliphatic heterocycles. The molecule has 2 nitrogen and oxygen atoms in total. The van der Waals surface area contributed by atoms with E-state index < -0.39 is 0 Å². The Labute approximate surface area is 101 Å². The van der Waals surface area contributed by atoms with E-state index in [1.807, 2.05) is 11.8 Å². The Morgan fingerprint density at radius 2 is 1.94 bits per heavy atom. The van der Waals surface area contributed by atoms with E-state index in [4.69, 9.17) is 4.99 Å². The van der Waals surface area contributed by atoms with Crippen LogP contribution in [-0.2, 0) is 12.8 Å². The summed E-state index contributed by atoms with van der Waals surface area (Å²) in [6.07, 6.45) is 2.21. The molecule has 0 bridgehead atoms. The van der Waals surface area contributed by atoms with Crippen molar-refractivity contribution in [2.75, 3.05) is 5.75 Å². The minimum absolute atomic E-state index is 0.456. The van der Waals surface area contributed by atoms with E-state index in [0.29, 0.717) is 12.1 Å². The minimum atomic E-state index is 0.456. The summed E-state index contributed by atoms with van der Waals surface area (Å²) in [5.74, 6) is 1.15. The number of fused-ring (bicyclic) bond motifs is 1. The largest absolute Gasteiger partial charge is 0.362 e. The number of hydrogen-bond donors (Lipinski definition) is 1. The minimum Gasteiger partial charge on any atom is -0.362 e. The standard InChI is InChI=1S/C13H16N2S/c1-9-8-16-13(14-9)15-12-6-10-4-2-3-5-11(10)7-12/h2-5,9,12H,6-8H2,1H3,(H,14,15). The molecule has 1 saturated heterocycles. The molecule has 1 atom stereocenters. The SMILES string of the molecule is CC1CSC(=NC2Cc3ccccc3C2)N1. The van der Waals surface area contributed by atoms with Crippen LogP contribution in [0.15, 0.2) is 29.3 Å². The highest BCUT2D eigenvalue weighted by molar-refractivity contribution is 8.14. The van der Waals surface area contributed by atoms with Crippen LogP contribution in [0.4, 0.5) is 0 Å². The maximum atomic E-state index is 4.81. The van der Waals surface area contributed by atoms with Crippen LogP contribution in [-0.4, -0.2) is 23.0 Å². The number of thioether (sulfide) groups is 1. The maximum Gasteiger partial charge on any atom is 0.157 e. The predicted molar refractivity (Wildman–Crippen MR) is 70.1 cm³/mol. The van der Waals surface area contributed by atoms with Gasteiger partial charge in [-0.2, -0.15) is 0 Å². The topological polar surface area (TPSA) is 24.4 Å². The molecule has 1 unspecified atom stereocenters. The number of rotatable bonds is 1. The third-order valence-electron chi connectivity index (χ3n) is 3.17. The highest BCUT2D eigenvalue weighted by Crippen LogP contribution is 2.25. The zero-order valence-electron chi connectivity index (χ0n) is 9.44. The summed E-state index contributed by atoms with van der Waals surface area (Å²) in [7, 11) is 0. The monoisotopic (exact) mass is 232 g/mol. The number of hydrogen-bond acceptors (Lipinski definition) is 2. The molecule has 0 saturated carbocycles. The quantitative estimate of drug-likeness (QED) is 0.803. The number of aliphatic imine (C=N–C) groups is 1. The number of nitrogens with zero attached hydrogens (tertiary/aromatic N) is 1. The molecular weight excluding hydrogens is 216 g/mol. The van der Waals surface area contributed by atoms with Crippen LogP contribution >= 0.6 is 11.8 Å². The van der Waals surface area contributed by atoms with Gasteiger partial charge < -0.3 is 5.32 Å². The van der Waals surface area contributed by atoms with Gasteiger partial charge in [0.25, 0.3) is 0 Å². The molecule has 0 aromatic heterocycles. The molecule has 2 aliphatic rings. The fourth-order valence-electron chi connectivity index (χ4n) is 2.37. The summed E-state index contributed by atoms with van der Waals surface area (Å²) in [5, 5.41) is 4.56. The Hall–Kier alpha value is -0.960. The van der Waals surface area contributed by atoms with Crippen LogP contribution in [0.5, 0.6) is 0 Å². The van der Waals surface area contributed by atoms with Gasteiger partial charge in [0.15, 0.2) is 5.17 Å². The molecule has 1 aromatic carbocycles. The highest BCUT2D eigenvalue weighted by Gasteiger charge is 2.23. The zero-order chi connectivity index (χ0) is 11.0. The van der Waals surface area contributed by atoms with E-state index in [1.54, 1.807) is 0 Å². The third kappa shape index (κ3) is 1.96. The van der Waals surface area contributed by atoms with Gasteiger partial charge in [0, 0.05) is 11.8 Å². The van der Waals surface area contributed by atoms with Crippen molar-refractivity contribution < 1.29 is 0 Å². The first-order valence-electron chi connectivity index (χ1n) is 5.85. The summed E-state index contributed by atoms with van der Waals surface area (Å²) in [5.41, 5.74) is 2.96. The first-order chi connectivity index (χ1) is 7.81. The number of amidine groups is 1. The fraction of sp³-hybridized carbons (Fsp3) is 0.462. The van der Waals surface area contributed by atoms with Gasteiger partial charge in [-0.25, -0.2) is 0 Å². The Kier molecular flexibility index (Phi) is 2.64. The van der Waals surface area contributed by atoms with E-state index in [1.165, 1.54) is 11.1 Å². The van der Waals surface area contributed by atoms with Crippen molar-refractivity contribution in [2.45, 2.75) is 31.8 Å². The normalized spacial score (nSPS) is 27.1. The van der Waals surface area contributed by atoms with E-state index in [2.05, 4.69) is 36.5 Å². The molecule has 3 heteroatoms. The van der Waals surface area contributed by atoms with Gasteiger partial charge in [-0.3, -0.25) is 4.99 Å². The van der Waals surface area contributed by atoms with Crippen LogP contribution in [0.2, 0.25) is 0 Å². The van der Waals surface area contributed by atoms with E-state index in [-0.39, 0.29) is 0 Å². The van der Waals surface area contributed by atoms with E-state index in [0.717, 1.165) is 23.8 Å². The average Bonchev–Trinajstić information content (AvgIpc) is 2.84. The summed E-state index contributed by atoms with van der Waals surface area (Å²) in [4.78, 5) is 4.81. The predicted octanol–water partition coefficient (Wildman–Crippen LogP) is 2.23. The molecule has 84 valence electrons. The third-order valence-corrected chi connectivity index (χ3v) is 4.33. The Balaban J connectivity index is 1.72. The van der Waals surface area contributed by atoms with Gasteiger partial charge in [0.05, 0.1) is 6.04 Å². The number of nitrogens with one attached hydrogen (secondary N) is 1. The Morgan fingerprint density at radius 1 is 1.25 bits per heavy atom. The molecule has 0 radical (unpaired) electrons. The van der Waals surface area contributed by atoms with Crippen molar-refractivity contribution >= 4 is 16.9 Å². The first kappa shape index (κ1) is 10.2. The maximum absolute atomic E-state index is 4.81. The van der Waals surface area contributed by atoms with Crippen LogP contribution in [0.3, 0.4) is 0 Å². The lowest BCUT2D eigenvalue weighted by molar-refractivity contribution is 0.707. The molecule has 1 aromatic rings. The molecule has 1 fully saturated rings. The lowest BCUT2D eigenvalue weighted by Gasteiger charge is -2.05. The number of benzene rings is 1. The fourth-order valence-corrected chi connectivity index (χ4v) is 3.36. The lowest BCUT2D eigenvalue weighted by atomic mass is 10.1. The van der Waals surface area contributed by atoms with Gasteiger partial charge in [-0.15, -0.1) is 0 Å². The van der Waals surface area contributed by atoms with Gasteiger partial charge in [-0.1, -0.05) is 36.0 Å². The van der Waals surface area contributed by atoms with Crippen molar-refractivity contribution in [3.63, 3.8) is 0 Å². The Morgan fingerprint density at radius 3 is 2.50 bits per heavy atom. The highest BCUT2D eigenvalue weighted by atomic mass is 32.2. The van der Waals surface area contributed by atoms with E-state index >= 15 is 0 Å². The van der Waals surface area contributed by atoms with Crippen molar-refractivity contribution in [1.82, 2.24) is 5.32 Å². The van der Waals surface area contributed by atoms with Crippen LogP contribution in [0.25, 0.3) is 0 Å². The zero-order valence-corrected chi connectivity index (χ0v) is 10.3. The van der Waals surface area contributed by atoms with Crippen LogP contribution < -0.4 is 5.32 Å². The molecular formula is C13H16N2S. The molecule has 1 N–H and O–H groups in total. The summed E-state index contributed by atoms with van der Waals surface area (Å²) < 4.78 is 0. The van der Waals surface area contributed by atoms with Gasteiger partial charge in [0.2, 0.25) is 0 Å². The van der Waals surface area contributed by atoms with Crippen molar-refractivity contribution in [3.8, 4) is 0 Å². The smallest absolute Gasteiger partial charge is 0.157 e. The van der Waals surface area contributed by atoms with E-state index in [9.17, 15) is 0 Å². The molecule has 16 heavy (non-hydrogen) atoms. The average molecular weight is 232 g/mol. The van der Waals surface area contributed by atoms with Crippen molar-refractivity contribution in [3.05, 3.63) is 35.4 Å². The molecule has 3 rings (SSSR count). The summed E-state index contributed by atoms with van der Waals surface area (Å²) in [6, 6.07) is 9.74. The van der Waals surface area contributed by atoms with Crippen LogP contribution in [0, 0.1) is 0 Å². The molecule has 0 amide bonds. The molecule has 1 aliphatic carbocycles. The van der Waals surface area contributed by atoms with Gasteiger partial charge >= 0.3 is 0 Å². The first-order valence-corrected chi connectivity index (χ1v) is 6.84. The summed E-state index contributed by atoms with van der Waals surface area (Å²) >= 11 is 1.85. The summed E-state index contributed by atoms with van der Waals surface area (Å²) in [6.45, 7) is 2.21. The van der Waals surface area contributed by atoms with Gasteiger partial charge in [-0.05, 0) is 30.9 Å². The lowest BCUT2D eigenvalue weighted by Crippen LogP contribution is -2.24. The van der Waals surface area contributed by atoms with Crippen molar-refractivity contribution in [2.24, 2.45) is 4.99 Å². The van der Waals surface area contributed by atoms with Gasteiger partial charge in [0.1, 0.15) is 0 Å². The van der Waals surface area contributed by atoms with Crippen molar-refractivity contribution in [1.29, 1.82) is 0 Å². The van der Waals surface area contributed by atoms with Crippen LogP contribution in [0.1, 0.15) is 18.1 Å². The molecule has 1 heterocycles.